The van der Waals surface area contributed by atoms with Crippen molar-refractivity contribution < 1.29 is 33.2 Å². The van der Waals surface area contributed by atoms with Crippen LogP contribution in [0.4, 0.5) is 11.4 Å². The van der Waals surface area contributed by atoms with Gasteiger partial charge in [0.05, 0.1) is 76.4 Å². The fraction of sp³-hybridized carbons (Fsp3) is 0.672. The van der Waals surface area contributed by atoms with E-state index in [0.717, 1.165) is 125 Å². The summed E-state index contributed by atoms with van der Waals surface area (Å²) in [6.07, 6.45) is 19.5. The molecule has 4 fully saturated rings. The predicted molar refractivity (Wildman–Crippen MR) is 300 cm³/mol. The van der Waals surface area contributed by atoms with Gasteiger partial charge in [0.1, 0.15) is 11.9 Å². The topological polar surface area (TPSA) is 104 Å². The molecule has 4 aliphatic carbocycles. The lowest BCUT2D eigenvalue weighted by atomic mass is 9.47. The Morgan fingerprint density at radius 1 is 0.667 bits per heavy atom. The molecule has 0 bridgehead atoms. The number of ether oxygens (including phenoxy) is 6. The molecule has 1 heterocycles. The van der Waals surface area contributed by atoms with Gasteiger partial charge in [-0.25, -0.2) is 4.79 Å². The van der Waals surface area contributed by atoms with Crippen molar-refractivity contribution in [3.8, 4) is 5.75 Å². The average Bonchev–Trinajstić information content (AvgIpc) is 3.78. The monoisotopic (exact) mass is 1030 g/mol. The standard InChI is InChI=1S/C64H94N4O7/c1-49(2)13-12-14-50(3)59-27-28-60-58-26-19-53-47-57(29-31-63(53,4)61(58)30-32-64(59,60)5)75-62(69)52-17-20-54(21-18-52)65-66-55-22-24-56(25-23-55)74-38-11-7-10-33-67-34-39-70-43-45-72-41-36-68(48-51-15-8-6-9-16-51)37-42-73-46-44-71-40-35-67/h6,8-9,15-25,49-50,57-61H,7,10-14,26-48H2,1-5H3/t50-,57+,58+,59-,60+,61+,63+,64-/m1/s1. The molecule has 11 heteroatoms. The fourth-order valence-electron chi connectivity index (χ4n) is 14.0. The van der Waals surface area contributed by atoms with E-state index in [-0.39, 0.29) is 17.5 Å². The van der Waals surface area contributed by atoms with Gasteiger partial charge in [-0.15, -0.1) is 0 Å². The zero-order valence-corrected chi connectivity index (χ0v) is 46.8. The van der Waals surface area contributed by atoms with E-state index >= 15 is 0 Å². The minimum Gasteiger partial charge on any atom is -0.494 e. The lowest BCUT2D eigenvalue weighted by molar-refractivity contribution is -0.0594. The number of hydrogen-bond acceptors (Lipinski definition) is 11. The maximum atomic E-state index is 13.5. The molecule has 5 aliphatic rings. The molecule has 0 N–H and O–H groups in total. The largest absolute Gasteiger partial charge is 0.494 e. The molecule has 3 aromatic carbocycles. The second-order valence-corrected chi connectivity index (χ2v) is 23.8. The number of allylic oxidation sites excluding steroid dienone is 1. The van der Waals surface area contributed by atoms with Crippen molar-refractivity contribution in [3.05, 3.63) is 102 Å². The Hall–Kier alpha value is -3.97. The highest BCUT2D eigenvalue weighted by Crippen LogP contribution is 2.67. The van der Waals surface area contributed by atoms with E-state index < -0.39 is 0 Å². The SMILES string of the molecule is CC(C)CCC[C@@H](C)[C@H]1CC[C@H]2[C@@H]3CC=C4C[C@@H](OC(=O)c5ccc(N=Nc6ccc(OCCCCCN7CCOCCOCCN(Cc8ccccc8)CCOCCOCC7)cc6)cc5)CC[C@]4(C)[C@H]3CC[C@]12C. The van der Waals surface area contributed by atoms with Crippen LogP contribution in [-0.2, 0) is 30.2 Å². The molecule has 0 spiro atoms. The number of carbonyl (C=O) groups is 1. The van der Waals surface area contributed by atoms with E-state index in [1.54, 1.807) is 5.57 Å². The van der Waals surface area contributed by atoms with Crippen LogP contribution in [0.1, 0.15) is 140 Å². The van der Waals surface area contributed by atoms with Crippen LogP contribution in [0.5, 0.6) is 5.75 Å². The molecule has 3 saturated carbocycles. The number of benzene rings is 3. The number of nitrogens with zero attached hydrogens (tertiary/aromatic N) is 4. The summed E-state index contributed by atoms with van der Waals surface area (Å²) < 4.78 is 36.1. The van der Waals surface area contributed by atoms with Crippen LogP contribution < -0.4 is 4.74 Å². The van der Waals surface area contributed by atoms with Crippen molar-refractivity contribution in [1.29, 1.82) is 0 Å². The molecule has 0 radical (unpaired) electrons. The second kappa shape index (κ2) is 29.1. The van der Waals surface area contributed by atoms with Crippen LogP contribution >= 0.6 is 0 Å². The van der Waals surface area contributed by atoms with E-state index in [0.29, 0.717) is 76.1 Å². The lowest BCUT2D eigenvalue weighted by Crippen LogP contribution is -2.51. The second-order valence-electron chi connectivity index (χ2n) is 23.8. The van der Waals surface area contributed by atoms with E-state index in [4.69, 9.17) is 28.4 Å². The van der Waals surface area contributed by atoms with Crippen LogP contribution in [0.3, 0.4) is 0 Å². The van der Waals surface area contributed by atoms with Crippen molar-refractivity contribution in [1.82, 2.24) is 9.80 Å². The lowest BCUT2D eigenvalue weighted by Gasteiger charge is -2.58. The number of unbranched alkanes of at least 4 members (excludes halogenated alkanes) is 2. The maximum Gasteiger partial charge on any atom is 0.338 e. The molecule has 8 atom stereocenters. The van der Waals surface area contributed by atoms with Gasteiger partial charge < -0.3 is 28.4 Å². The van der Waals surface area contributed by atoms with Gasteiger partial charge in [-0.2, -0.15) is 10.2 Å². The van der Waals surface area contributed by atoms with Gasteiger partial charge in [0.2, 0.25) is 0 Å². The number of rotatable bonds is 18. The molecule has 412 valence electrons. The van der Waals surface area contributed by atoms with Gasteiger partial charge in [-0.1, -0.05) is 95.9 Å². The van der Waals surface area contributed by atoms with Gasteiger partial charge in [-0.05, 0) is 171 Å². The third-order valence-electron chi connectivity index (χ3n) is 18.3. The van der Waals surface area contributed by atoms with E-state index in [1.807, 2.05) is 48.5 Å². The normalized spacial score (nSPS) is 28.3. The first kappa shape index (κ1) is 57.2. The third-order valence-corrected chi connectivity index (χ3v) is 18.3. The molecule has 0 amide bonds. The van der Waals surface area contributed by atoms with Crippen LogP contribution in [0.2, 0.25) is 0 Å². The highest BCUT2D eigenvalue weighted by atomic mass is 16.5. The molecule has 11 nitrogen and oxygen atoms in total. The van der Waals surface area contributed by atoms with Gasteiger partial charge in [-0.3, -0.25) is 9.80 Å². The van der Waals surface area contributed by atoms with E-state index in [1.165, 1.54) is 56.9 Å². The van der Waals surface area contributed by atoms with Crippen molar-refractivity contribution in [2.45, 2.75) is 137 Å². The summed E-state index contributed by atoms with van der Waals surface area (Å²) in [6, 6.07) is 25.6. The summed E-state index contributed by atoms with van der Waals surface area (Å²) in [6.45, 7) is 23.6. The Kier molecular flexibility index (Phi) is 22.2. The molecular formula is C64H94N4O7. The number of esters is 1. The molecule has 3 aromatic rings. The average molecular weight is 1030 g/mol. The highest BCUT2D eigenvalue weighted by Gasteiger charge is 2.59. The van der Waals surface area contributed by atoms with E-state index in [9.17, 15) is 4.79 Å². The zero-order chi connectivity index (χ0) is 52.3. The maximum absolute atomic E-state index is 13.5. The zero-order valence-electron chi connectivity index (χ0n) is 46.8. The van der Waals surface area contributed by atoms with Gasteiger partial charge in [0.25, 0.3) is 0 Å². The Morgan fingerprint density at radius 3 is 1.96 bits per heavy atom. The van der Waals surface area contributed by atoms with Crippen LogP contribution in [0.25, 0.3) is 0 Å². The molecule has 0 unspecified atom stereocenters. The molecule has 0 aromatic heterocycles. The Morgan fingerprint density at radius 2 is 1.31 bits per heavy atom. The molecule has 1 aliphatic heterocycles. The molecule has 1 saturated heterocycles. The van der Waals surface area contributed by atoms with E-state index in [2.05, 4.69) is 91.1 Å². The first-order valence-electron chi connectivity index (χ1n) is 29.5. The summed E-state index contributed by atoms with van der Waals surface area (Å²) in [7, 11) is 0. The smallest absolute Gasteiger partial charge is 0.338 e. The van der Waals surface area contributed by atoms with Gasteiger partial charge in [0.15, 0.2) is 0 Å². The van der Waals surface area contributed by atoms with Gasteiger partial charge in [0, 0.05) is 39.1 Å². The van der Waals surface area contributed by atoms with Crippen molar-refractivity contribution in [2.75, 3.05) is 92.2 Å². The Labute approximate surface area is 451 Å². The minimum absolute atomic E-state index is 0.0711. The van der Waals surface area contributed by atoms with Gasteiger partial charge >= 0.3 is 5.97 Å². The summed E-state index contributed by atoms with van der Waals surface area (Å²) in [5.41, 5.74) is 5.56. The first-order chi connectivity index (χ1) is 36.6. The summed E-state index contributed by atoms with van der Waals surface area (Å²) in [4.78, 5) is 18.3. The van der Waals surface area contributed by atoms with Crippen LogP contribution in [0, 0.1) is 46.3 Å². The van der Waals surface area contributed by atoms with Crippen LogP contribution in [0.15, 0.2) is 101 Å². The Balaban J connectivity index is 0.702. The minimum atomic E-state index is -0.249. The fourth-order valence-corrected chi connectivity index (χ4v) is 14.0. The summed E-state index contributed by atoms with van der Waals surface area (Å²) in [5, 5.41) is 8.91. The predicted octanol–water partition coefficient (Wildman–Crippen LogP) is 14.1. The highest BCUT2D eigenvalue weighted by molar-refractivity contribution is 5.89. The molecule has 75 heavy (non-hydrogen) atoms. The third kappa shape index (κ3) is 16.5. The van der Waals surface area contributed by atoms with Crippen molar-refractivity contribution in [3.63, 3.8) is 0 Å². The van der Waals surface area contributed by atoms with Crippen LogP contribution in [-0.4, -0.2) is 114 Å². The number of fused-ring (bicyclic) bond motifs is 5. The van der Waals surface area contributed by atoms with Crippen molar-refractivity contribution >= 4 is 17.3 Å². The number of azo groups is 1. The summed E-state index contributed by atoms with van der Waals surface area (Å²) >= 11 is 0. The number of hydrogen-bond donors (Lipinski definition) is 0. The summed E-state index contributed by atoms with van der Waals surface area (Å²) in [5.74, 6) is 5.50. The quantitative estimate of drug-likeness (QED) is 0.0533. The Bertz CT molecular complexity index is 2180. The molecule has 8 rings (SSSR count). The molecular weight excluding hydrogens is 937 g/mol. The van der Waals surface area contributed by atoms with Crippen molar-refractivity contribution in [2.24, 2.45) is 56.6 Å². The number of carbonyl (C=O) groups excluding carboxylic acids is 1. The first-order valence-corrected chi connectivity index (χ1v) is 29.5.